The number of nitrogens with one attached hydrogen (secondary N) is 1. The number of nitrogens with zero attached hydrogens (tertiary/aromatic N) is 2. The molecule has 1 aromatic rings. The summed E-state index contributed by atoms with van der Waals surface area (Å²) in [6.45, 7) is 4.68. The molecule has 2 fully saturated rings. The first-order valence-electron chi connectivity index (χ1n) is 9.08. The fourth-order valence-corrected chi connectivity index (χ4v) is 6.32. The van der Waals surface area contributed by atoms with Crippen LogP contribution in [0, 0.1) is 11.3 Å². The van der Waals surface area contributed by atoms with Gasteiger partial charge in [-0.25, -0.2) is 13.8 Å². The molecule has 1 saturated carbocycles. The summed E-state index contributed by atoms with van der Waals surface area (Å²) in [5.41, 5.74) is 3.18. The van der Waals surface area contributed by atoms with Gasteiger partial charge in [0.05, 0.1) is 0 Å². The molecule has 0 radical (unpaired) electrons. The molecule has 0 atom stereocenters. The third-order valence-corrected chi connectivity index (χ3v) is 8.27. The van der Waals surface area contributed by atoms with Gasteiger partial charge in [0, 0.05) is 37.6 Å². The van der Waals surface area contributed by atoms with Crippen LogP contribution in [0.1, 0.15) is 46.0 Å². The molecule has 2 heterocycles. The van der Waals surface area contributed by atoms with E-state index in [1.54, 1.807) is 17.5 Å². The molecule has 1 amide bonds. The van der Waals surface area contributed by atoms with Gasteiger partial charge in [0.2, 0.25) is 5.91 Å². The second-order valence-corrected chi connectivity index (χ2v) is 11.1. The third-order valence-electron chi connectivity index (χ3n) is 5.00. The summed E-state index contributed by atoms with van der Waals surface area (Å²) in [6, 6.07) is 3.32. The third kappa shape index (κ3) is 4.83. The van der Waals surface area contributed by atoms with Crippen LogP contribution in [0.25, 0.3) is 0 Å². The molecule has 2 aliphatic rings. The van der Waals surface area contributed by atoms with Crippen molar-refractivity contribution in [2.45, 2.75) is 50.2 Å². The highest BCUT2D eigenvalue weighted by molar-refractivity contribution is 7.91. The predicted molar refractivity (Wildman–Crippen MR) is 104 cm³/mol. The zero-order valence-electron chi connectivity index (χ0n) is 15.6. The average molecular weight is 412 g/mol. The van der Waals surface area contributed by atoms with Gasteiger partial charge in [0.25, 0.3) is 10.0 Å². The van der Waals surface area contributed by atoms with Crippen molar-refractivity contribution in [1.82, 2.24) is 9.73 Å². The van der Waals surface area contributed by atoms with E-state index in [-0.39, 0.29) is 23.0 Å². The highest BCUT2D eigenvalue weighted by Gasteiger charge is 2.33. The van der Waals surface area contributed by atoms with E-state index in [0.29, 0.717) is 55.1 Å². The molecule has 0 bridgehead atoms. The van der Waals surface area contributed by atoms with Crippen LogP contribution in [0.15, 0.2) is 26.8 Å². The van der Waals surface area contributed by atoms with Crippen LogP contribution in [0.5, 0.6) is 0 Å². The SMILES string of the molecule is CC1(C)CC(=O)C/C(=N\NC(=O)C2CCN(S(=O)(=O)c3cccs3)CC2)C1. The monoisotopic (exact) mass is 411 g/mol. The maximum Gasteiger partial charge on any atom is 0.252 e. The molecule has 0 unspecified atom stereocenters. The summed E-state index contributed by atoms with van der Waals surface area (Å²) in [6.07, 6.45) is 2.45. The normalized spacial score (nSPS) is 23.5. The Labute approximate surface area is 163 Å². The number of rotatable bonds is 4. The first kappa shape index (κ1) is 20.2. The summed E-state index contributed by atoms with van der Waals surface area (Å²) in [7, 11) is -3.46. The van der Waals surface area contributed by atoms with Crippen molar-refractivity contribution in [2.24, 2.45) is 16.4 Å². The molecular weight excluding hydrogens is 386 g/mol. The van der Waals surface area contributed by atoms with E-state index in [1.165, 1.54) is 15.6 Å². The van der Waals surface area contributed by atoms with E-state index in [2.05, 4.69) is 10.5 Å². The van der Waals surface area contributed by atoms with Gasteiger partial charge in [-0.3, -0.25) is 9.59 Å². The maximum absolute atomic E-state index is 12.5. The van der Waals surface area contributed by atoms with Crippen molar-refractivity contribution < 1.29 is 18.0 Å². The zero-order chi connectivity index (χ0) is 19.7. The highest BCUT2D eigenvalue weighted by Crippen LogP contribution is 2.31. The number of amides is 1. The van der Waals surface area contributed by atoms with Crippen LogP contribution >= 0.6 is 11.3 Å². The lowest BCUT2D eigenvalue weighted by molar-refractivity contribution is -0.126. The van der Waals surface area contributed by atoms with Crippen LogP contribution in [-0.4, -0.2) is 43.2 Å². The predicted octanol–water partition coefficient (Wildman–Crippen LogP) is 2.40. The number of carbonyl (C=O) groups excluding carboxylic acids is 2. The second-order valence-electron chi connectivity index (χ2n) is 8.00. The standard InChI is InChI=1S/C18H25N3O4S2/c1-18(2)11-14(10-15(22)12-18)19-20-17(23)13-5-7-21(8-6-13)27(24,25)16-4-3-9-26-16/h3-4,9,13H,5-8,10-12H2,1-2H3,(H,20,23)/b19-14+. The van der Waals surface area contributed by atoms with Gasteiger partial charge in [0.15, 0.2) is 0 Å². The summed E-state index contributed by atoms with van der Waals surface area (Å²) >= 11 is 1.20. The molecule has 0 aromatic carbocycles. The fraction of sp³-hybridized carbons (Fsp3) is 0.611. The van der Waals surface area contributed by atoms with E-state index >= 15 is 0 Å². The topological polar surface area (TPSA) is 95.9 Å². The largest absolute Gasteiger partial charge is 0.299 e. The minimum absolute atomic E-state index is 0.125. The first-order chi connectivity index (χ1) is 12.7. The Morgan fingerprint density at radius 3 is 2.59 bits per heavy atom. The minimum atomic E-state index is -3.46. The molecule has 1 aliphatic carbocycles. The lowest BCUT2D eigenvalue weighted by Gasteiger charge is -2.30. The number of piperidine rings is 1. The minimum Gasteiger partial charge on any atom is -0.299 e. The summed E-state index contributed by atoms with van der Waals surface area (Å²) in [5.74, 6) is -0.325. The Morgan fingerprint density at radius 1 is 1.30 bits per heavy atom. The molecular formula is C18H25N3O4S2. The number of Topliss-reactive ketones (excluding diaryl/α,β-unsaturated/α-hetero) is 1. The zero-order valence-corrected chi connectivity index (χ0v) is 17.2. The van der Waals surface area contributed by atoms with Crippen LogP contribution in [0.4, 0.5) is 0 Å². The van der Waals surface area contributed by atoms with E-state index in [9.17, 15) is 18.0 Å². The Kier molecular flexibility index (Phi) is 5.83. The number of ketones is 1. The van der Waals surface area contributed by atoms with E-state index in [0.717, 1.165) is 0 Å². The van der Waals surface area contributed by atoms with Crippen molar-refractivity contribution in [2.75, 3.05) is 13.1 Å². The van der Waals surface area contributed by atoms with Crippen molar-refractivity contribution in [3.05, 3.63) is 17.5 Å². The number of carbonyl (C=O) groups is 2. The van der Waals surface area contributed by atoms with Crippen molar-refractivity contribution in [3.63, 3.8) is 0 Å². The number of sulfonamides is 1. The van der Waals surface area contributed by atoms with Crippen molar-refractivity contribution in [1.29, 1.82) is 0 Å². The van der Waals surface area contributed by atoms with Gasteiger partial charge < -0.3 is 0 Å². The molecule has 1 aromatic heterocycles. The molecule has 1 aliphatic heterocycles. The Balaban J connectivity index is 1.55. The summed E-state index contributed by atoms with van der Waals surface area (Å²) in [4.78, 5) is 24.2. The van der Waals surface area contributed by atoms with Gasteiger partial charge in [-0.15, -0.1) is 11.3 Å². The van der Waals surface area contributed by atoms with Crippen LogP contribution in [0.2, 0.25) is 0 Å². The quantitative estimate of drug-likeness (QED) is 0.770. The number of thiophene rings is 1. The maximum atomic E-state index is 12.5. The number of hydrogen-bond acceptors (Lipinski definition) is 6. The molecule has 7 nitrogen and oxygen atoms in total. The lowest BCUT2D eigenvalue weighted by Crippen LogP contribution is -2.42. The van der Waals surface area contributed by atoms with Gasteiger partial charge in [-0.2, -0.15) is 9.41 Å². The van der Waals surface area contributed by atoms with Crippen LogP contribution < -0.4 is 5.43 Å². The van der Waals surface area contributed by atoms with Crippen molar-refractivity contribution >= 4 is 38.8 Å². The average Bonchev–Trinajstić information content (AvgIpc) is 3.13. The van der Waals surface area contributed by atoms with Crippen molar-refractivity contribution in [3.8, 4) is 0 Å². The number of hydrazone groups is 1. The first-order valence-corrected chi connectivity index (χ1v) is 11.4. The molecule has 0 spiro atoms. The summed E-state index contributed by atoms with van der Waals surface area (Å²) in [5, 5.41) is 5.92. The van der Waals surface area contributed by atoms with Crippen LogP contribution in [0.3, 0.4) is 0 Å². The second kappa shape index (κ2) is 7.81. The number of hydrogen-bond donors (Lipinski definition) is 1. The fourth-order valence-electron chi connectivity index (χ4n) is 3.70. The molecule has 9 heteroatoms. The van der Waals surface area contributed by atoms with E-state index < -0.39 is 10.0 Å². The van der Waals surface area contributed by atoms with Gasteiger partial charge in [-0.05, 0) is 36.1 Å². The summed E-state index contributed by atoms with van der Waals surface area (Å²) < 4.78 is 26.8. The van der Waals surface area contributed by atoms with Gasteiger partial charge >= 0.3 is 0 Å². The van der Waals surface area contributed by atoms with E-state index in [4.69, 9.17) is 0 Å². The molecule has 1 N–H and O–H groups in total. The molecule has 148 valence electrons. The van der Waals surface area contributed by atoms with E-state index in [1.807, 2.05) is 13.8 Å². The van der Waals surface area contributed by atoms with Crippen LogP contribution in [-0.2, 0) is 19.6 Å². The van der Waals surface area contributed by atoms with Gasteiger partial charge in [-0.1, -0.05) is 19.9 Å². The Morgan fingerprint density at radius 2 is 2.00 bits per heavy atom. The smallest absolute Gasteiger partial charge is 0.252 e. The molecule has 27 heavy (non-hydrogen) atoms. The lowest BCUT2D eigenvalue weighted by atomic mass is 9.76. The highest BCUT2D eigenvalue weighted by atomic mass is 32.2. The van der Waals surface area contributed by atoms with Gasteiger partial charge in [0.1, 0.15) is 9.99 Å². The Bertz CT molecular complexity index is 836. The molecule has 1 saturated heterocycles. The molecule has 3 rings (SSSR count). The Hall–Kier alpha value is -1.58.